The summed E-state index contributed by atoms with van der Waals surface area (Å²) in [6.07, 6.45) is 3.94. The molecule has 0 aromatic heterocycles. The molecule has 0 spiro atoms. The van der Waals surface area contributed by atoms with Gasteiger partial charge in [0.05, 0.1) is 12.7 Å². The topological polar surface area (TPSA) is 62.1 Å². The second kappa shape index (κ2) is 5.05. The zero-order chi connectivity index (χ0) is 12.3. The molecule has 1 N–H and O–H groups in total. The third-order valence-corrected chi connectivity index (χ3v) is 3.62. The van der Waals surface area contributed by atoms with Crippen LogP contribution in [0.2, 0.25) is 0 Å². The molecule has 2 saturated carbocycles. The summed E-state index contributed by atoms with van der Waals surface area (Å²) in [6, 6.07) is 2.16. The normalized spacial score (nSPS) is 31.4. The third-order valence-electron chi connectivity index (χ3n) is 3.62. The first-order valence-electron chi connectivity index (χ1n) is 6.43. The fourth-order valence-corrected chi connectivity index (χ4v) is 2.40. The second-order valence-electron chi connectivity index (χ2n) is 5.48. The molecule has 2 aliphatic carbocycles. The number of carbonyl (C=O) groups excluding carboxylic acids is 1. The maximum atomic E-state index is 11.8. The van der Waals surface area contributed by atoms with Gasteiger partial charge in [0, 0.05) is 13.2 Å². The summed E-state index contributed by atoms with van der Waals surface area (Å²) in [5.41, 5.74) is -0.754. The number of nitrogens with one attached hydrogen (secondary N) is 1. The molecule has 0 aromatic rings. The molecular weight excluding hydrogens is 216 g/mol. The van der Waals surface area contributed by atoms with Crippen molar-refractivity contribution in [1.29, 1.82) is 5.26 Å². The van der Waals surface area contributed by atoms with Gasteiger partial charge >= 0.3 is 0 Å². The van der Waals surface area contributed by atoms with E-state index in [1.807, 2.05) is 0 Å². The van der Waals surface area contributed by atoms with E-state index in [-0.39, 0.29) is 5.91 Å². The predicted molar refractivity (Wildman–Crippen MR) is 63.0 cm³/mol. The lowest BCUT2D eigenvalue weighted by molar-refractivity contribution is -0.134. The molecule has 2 rings (SSSR count). The summed E-state index contributed by atoms with van der Waals surface area (Å²) >= 11 is 0. The number of hydrogen-bond donors (Lipinski definition) is 1. The number of ether oxygens (including phenoxy) is 1. The molecule has 2 fully saturated rings. The van der Waals surface area contributed by atoms with Gasteiger partial charge in [-0.3, -0.25) is 4.79 Å². The van der Waals surface area contributed by atoms with Crippen LogP contribution in [-0.2, 0) is 9.53 Å². The lowest BCUT2D eigenvalue weighted by atomic mass is 9.63. The Morgan fingerprint density at radius 3 is 2.76 bits per heavy atom. The molecule has 0 heterocycles. The molecule has 0 aliphatic heterocycles. The van der Waals surface area contributed by atoms with Crippen LogP contribution >= 0.6 is 0 Å². The summed E-state index contributed by atoms with van der Waals surface area (Å²) in [4.78, 5) is 11.8. The van der Waals surface area contributed by atoms with Crippen LogP contribution in [0.4, 0.5) is 0 Å². The number of carbonyl (C=O) groups is 1. The molecule has 1 amide bonds. The van der Waals surface area contributed by atoms with Gasteiger partial charge in [0.2, 0.25) is 5.91 Å². The van der Waals surface area contributed by atoms with E-state index in [1.165, 1.54) is 12.8 Å². The van der Waals surface area contributed by atoms with Crippen molar-refractivity contribution in [2.24, 2.45) is 17.3 Å². The SMILES string of the molecule is CC1CC(C#N)(C(=O)NCCOCC2CC2)C1. The molecule has 2 aliphatic rings. The van der Waals surface area contributed by atoms with E-state index in [0.717, 1.165) is 12.5 Å². The highest BCUT2D eigenvalue weighted by Gasteiger charge is 2.48. The van der Waals surface area contributed by atoms with E-state index in [2.05, 4.69) is 18.3 Å². The molecule has 0 radical (unpaired) electrons. The molecular formula is C13H20N2O2. The zero-order valence-corrected chi connectivity index (χ0v) is 10.4. The fourth-order valence-electron chi connectivity index (χ4n) is 2.40. The van der Waals surface area contributed by atoms with Crippen molar-refractivity contribution in [2.45, 2.75) is 32.6 Å². The maximum Gasteiger partial charge on any atom is 0.240 e. The van der Waals surface area contributed by atoms with Crippen LogP contribution in [0.3, 0.4) is 0 Å². The highest BCUT2D eigenvalue weighted by atomic mass is 16.5. The number of nitrogens with zero attached hydrogens (tertiary/aromatic N) is 1. The van der Waals surface area contributed by atoms with Crippen LogP contribution in [0.1, 0.15) is 32.6 Å². The highest BCUT2D eigenvalue weighted by molar-refractivity contribution is 5.86. The average molecular weight is 236 g/mol. The summed E-state index contributed by atoms with van der Waals surface area (Å²) in [7, 11) is 0. The number of rotatable bonds is 6. The molecule has 0 aromatic carbocycles. The van der Waals surface area contributed by atoms with E-state index in [9.17, 15) is 4.79 Å². The molecule has 0 saturated heterocycles. The Balaban J connectivity index is 1.61. The second-order valence-corrected chi connectivity index (χ2v) is 5.48. The van der Waals surface area contributed by atoms with Gasteiger partial charge < -0.3 is 10.1 Å². The summed E-state index contributed by atoms with van der Waals surface area (Å²) in [5, 5.41) is 11.9. The van der Waals surface area contributed by atoms with Crippen LogP contribution in [0, 0.1) is 28.6 Å². The van der Waals surface area contributed by atoms with Crippen LogP contribution < -0.4 is 5.32 Å². The first-order valence-corrected chi connectivity index (χ1v) is 6.43. The van der Waals surface area contributed by atoms with E-state index < -0.39 is 5.41 Å². The van der Waals surface area contributed by atoms with Crippen LogP contribution in [0.5, 0.6) is 0 Å². The van der Waals surface area contributed by atoms with Gasteiger partial charge in [-0.05, 0) is 37.5 Å². The molecule has 94 valence electrons. The van der Waals surface area contributed by atoms with Gasteiger partial charge in [-0.25, -0.2) is 0 Å². The summed E-state index contributed by atoms with van der Waals surface area (Å²) in [6.45, 7) is 3.96. The van der Waals surface area contributed by atoms with E-state index in [4.69, 9.17) is 10.00 Å². The number of hydrogen-bond acceptors (Lipinski definition) is 3. The van der Waals surface area contributed by atoms with Gasteiger partial charge in [0.15, 0.2) is 0 Å². The lowest BCUT2D eigenvalue weighted by Crippen LogP contribution is -2.48. The van der Waals surface area contributed by atoms with Crippen molar-refractivity contribution in [3.05, 3.63) is 0 Å². The third kappa shape index (κ3) is 2.98. The van der Waals surface area contributed by atoms with Crippen LogP contribution in [0.25, 0.3) is 0 Å². The Morgan fingerprint density at radius 1 is 1.53 bits per heavy atom. The van der Waals surface area contributed by atoms with Crippen molar-refractivity contribution in [1.82, 2.24) is 5.32 Å². The molecule has 4 nitrogen and oxygen atoms in total. The molecule has 0 bridgehead atoms. The Labute approximate surface area is 102 Å². The van der Waals surface area contributed by atoms with Crippen molar-refractivity contribution in [3.63, 3.8) is 0 Å². The summed E-state index contributed by atoms with van der Waals surface area (Å²) < 4.78 is 5.43. The summed E-state index contributed by atoms with van der Waals surface area (Å²) in [5.74, 6) is 1.13. The lowest BCUT2D eigenvalue weighted by Gasteiger charge is -2.39. The minimum absolute atomic E-state index is 0.117. The molecule has 0 unspecified atom stereocenters. The van der Waals surface area contributed by atoms with Gasteiger partial charge in [-0.2, -0.15) is 5.26 Å². The van der Waals surface area contributed by atoms with Crippen molar-refractivity contribution in [3.8, 4) is 6.07 Å². The van der Waals surface area contributed by atoms with Gasteiger partial charge in [0.25, 0.3) is 0 Å². The number of nitriles is 1. The minimum atomic E-state index is -0.754. The predicted octanol–water partition coefficient (Wildman–Crippen LogP) is 1.47. The van der Waals surface area contributed by atoms with Gasteiger partial charge in [-0.15, -0.1) is 0 Å². The zero-order valence-electron chi connectivity index (χ0n) is 10.4. The van der Waals surface area contributed by atoms with E-state index in [0.29, 0.717) is 31.9 Å². The van der Waals surface area contributed by atoms with E-state index in [1.54, 1.807) is 0 Å². The smallest absolute Gasteiger partial charge is 0.240 e. The van der Waals surface area contributed by atoms with Gasteiger partial charge in [0.1, 0.15) is 5.41 Å². The Hall–Kier alpha value is -1.08. The van der Waals surface area contributed by atoms with Crippen LogP contribution in [0.15, 0.2) is 0 Å². The first-order chi connectivity index (χ1) is 8.16. The van der Waals surface area contributed by atoms with Crippen molar-refractivity contribution >= 4 is 5.91 Å². The quantitative estimate of drug-likeness (QED) is 0.710. The first kappa shape index (κ1) is 12.4. The van der Waals surface area contributed by atoms with E-state index >= 15 is 0 Å². The average Bonchev–Trinajstić information content (AvgIpc) is 3.07. The Morgan fingerprint density at radius 2 is 2.24 bits per heavy atom. The van der Waals surface area contributed by atoms with Gasteiger partial charge in [-0.1, -0.05) is 6.92 Å². The Kier molecular flexibility index (Phi) is 3.68. The monoisotopic (exact) mass is 236 g/mol. The largest absolute Gasteiger partial charge is 0.379 e. The fraction of sp³-hybridized carbons (Fsp3) is 0.846. The molecule has 17 heavy (non-hydrogen) atoms. The standard InChI is InChI=1S/C13H20N2O2/c1-10-6-13(7-10,9-14)12(16)15-4-5-17-8-11-2-3-11/h10-11H,2-8H2,1H3,(H,15,16). The maximum absolute atomic E-state index is 11.8. The Bertz CT molecular complexity index is 325. The molecule has 4 heteroatoms. The minimum Gasteiger partial charge on any atom is -0.379 e. The highest BCUT2D eigenvalue weighted by Crippen LogP contribution is 2.44. The van der Waals surface area contributed by atoms with Crippen molar-refractivity contribution in [2.75, 3.05) is 19.8 Å². The molecule has 0 atom stereocenters. The van der Waals surface area contributed by atoms with Crippen LogP contribution in [-0.4, -0.2) is 25.7 Å². The number of amides is 1. The van der Waals surface area contributed by atoms with Crippen molar-refractivity contribution < 1.29 is 9.53 Å².